The van der Waals surface area contributed by atoms with E-state index in [1.54, 1.807) is 11.3 Å². The van der Waals surface area contributed by atoms with Gasteiger partial charge in [0.25, 0.3) is 0 Å². The molecule has 0 fully saturated rings. The second-order valence-electron chi connectivity index (χ2n) is 7.89. The van der Waals surface area contributed by atoms with Crippen LogP contribution in [0.15, 0.2) is 41.9 Å². The predicted molar refractivity (Wildman–Crippen MR) is 113 cm³/mol. The van der Waals surface area contributed by atoms with Gasteiger partial charge in [-0.15, -0.1) is 22.7 Å². The molecule has 4 aromatic heterocycles. The van der Waals surface area contributed by atoms with E-state index >= 15 is 0 Å². The van der Waals surface area contributed by atoms with E-state index in [2.05, 4.69) is 66.5 Å². The molecule has 0 saturated carbocycles. The first-order valence-electron chi connectivity index (χ1n) is 8.72. The fourth-order valence-corrected chi connectivity index (χ4v) is 5.54. The quantitative estimate of drug-likeness (QED) is 0.374. The first kappa shape index (κ1) is 16.0. The molecule has 0 radical (unpaired) electrons. The first-order valence-corrected chi connectivity index (χ1v) is 10.4. The minimum absolute atomic E-state index is 0.261. The summed E-state index contributed by atoms with van der Waals surface area (Å²) in [6.45, 7) is 6.88. The molecule has 0 amide bonds. The number of fused-ring (bicyclic) bond motifs is 4. The van der Waals surface area contributed by atoms with Crippen LogP contribution in [-0.2, 0) is 6.42 Å². The van der Waals surface area contributed by atoms with Gasteiger partial charge in [-0.1, -0.05) is 39.0 Å². The van der Waals surface area contributed by atoms with Crippen molar-refractivity contribution in [1.29, 1.82) is 0 Å². The molecule has 0 bridgehead atoms. The molecule has 1 aromatic carbocycles. The summed E-state index contributed by atoms with van der Waals surface area (Å²) in [5.41, 5.74) is 3.71. The van der Waals surface area contributed by atoms with Gasteiger partial charge in [0.05, 0.1) is 10.2 Å². The van der Waals surface area contributed by atoms with Crippen LogP contribution in [0.5, 0.6) is 0 Å². The Balaban J connectivity index is 1.77. The summed E-state index contributed by atoms with van der Waals surface area (Å²) < 4.78 is 2.59. The second kappa shape index (κ2) is 5.63. The van der Waals surface area contributed by atoms with Crippen LogP contribution in [0.1, 0.15) is 26.3 Å². The van der Waals surface area contributed by atoms with Crippen LogP contribution in [-0.4, -0.2) is 15.0 Å². The number of aromatic nitrogens is 3. The number of pyridine rings is 1. The highest BCUT2D eigenvalue weighted by Gasteiger charge is 2.18. The van der Waals surface area contributed by atoms with Crippen molar-refractivity contribution in [3.8, 4) is 11.5 Å². The van der Waals surface area contributed by atoms with Gasteiger partial charge in [0.15, 0.2) is 5.82 Å². The fourth-order valence-electron chi connectivity index (χ4n) is 3.51. The summed E-state index contributed by atoms with van der Waals surface area (Å²) in [5.74, 6) is 0.862. The number of hydrogen-bond acceptors (Lipinski definition) is 4. The lowest BCUT2D eigenvalue weighted by Crippen LogP contribution is -2.08. The second-order valence-corrected chi connectivity index (χ2v) is 9.81. The minimum Gasteiger partial charge on any atom is -0.336 e. The molecule has 0 unspecified atom stereocenters. The summed E-state index contributed by atoms with van der Waals surface area (Å²) in [4.78, 5) is 13.9. The van der Waals surface area contributed by atoms with Gasteiger partial charge in [-0.05, 0) is 34.9 Å². The maximum atomic E-state index is 4.75. The number of rotatable bonds is 2. The predicted octanol–water partition coefficient (Wildman–Crippen LogP) is 6.64. The molecule has 1 N–H and O–H groups in total. The third-order valence-electron chi connectivity index (χ3n) is 4.55. The average molecular weight is 378 g/mol. The molecular weight excluding hydrogens is 358 g/mol. The maximum Gasteiger partial charge on any atom is 0.159 e. The van der Waals surface area contributed by atoms with E-state index in [1.165, 1.54) is 25.7 Å². The summed E-state index contributed by atoms with van der Waals surface area (Å²) >= 11 is 3.50. The Morgan fingerprint density at radius 2 is 1.88 bits per heavy atom. The Morgan fingerprint density at radius 3 is 2.69 bits per heavy atom. The molecule has 0 aliphatic rings. The monoisotopic (exact) mass is 377 g/mol. The number of hydrogen-bond donors (Lipinski definition) is 1. The van der Waals surface area contributed by atoms with Gasteiger partial charge in [0.2, 0.25) is 0 Å². The molecule has 3 nitrogen and oxygen atoms in total. The standard InChI is InChI=1S/C21H19N3S2/c1-21(2,3)11-12-5-4-6-13-14-7-9-22-16(18(14)26-17(12)13)19-23-15-8-10-25-20(15)24-19/h4-10H,11H2,1-3H3,(H,23,24). The van der Waals surface area contributed by atoms with Crippen molar-refractivity contribution in [1.82, 2.24) is 15.0 Å². The molecule has 0 aliphatic heterocycles. The Labute approximate surface area is 159 Å². The summed E-state index contributed by atoms with van der Waals surface area (Å²) in [5, 5.41) is 4.65. The van der Waals surface area contributed by atoms with Crippen LogP contribution < -0.4 is 0 Å². The highest BCUT2D eigenvalue weighted by atomic mass is 32.1. The van der Waals surface area contributed by atoms with E-state index in [9.17, 15) is 0 Å². The normalized spacial score (nSPS) is 12.6. The summed E-state index contributed by atoms with van der Waals surface area (Å²) in [6, 6.07) is 10.9. The minimum atomic E-state index is 0.261. The molecule has 5 rings (SSSR count). The van der Waals surface area contributed by atoms with Crippen LogP contribution >= 0.6 is 22.7 Å². The Hall–Kier alpha value is -2.24. The van der Waals surface area contributed by atoms with Gasteiger partial charge in [-0.3, -0.25) is 4.98 Å². The van der Waals surface area contributed by atoms with Gasteiger partial charge >= 0.3 is 0 Å². The van der Waals surface area contributed by atoms with E-state index in [4.69, 9.17) is 4.98 Å². The van der Waals surface area contributed by atoms with Crippen LogP contribution in [0.3, 0.4) is 0 Å². The molecule has 0 spiro atoms. The number of thiophene rings is 2. The van der Waals surface area contributed by atoms with Gasteiger partial charge in [-0.2, -0.15) is 0 Å². The number of nitrogens with one attached hydrogen (secondary N) is 1. The van der Waals surface area contributed by atoms with Crippen molar-refractivity contribution < 1.29 is 0 Å². The number of benzene rings is 1. The van der Waals surface area contributed by atoms with Crippen molar-refractivity contribution in [3.05, 3.63) is 47.5 Å². The zero-order valence-electron chi connectivity index (χ0n) is 15.0. The molecule has 0 aliphatic carbocycles. The first-order chi connectivity index (χ1) is 12.5. The van der Waals surface area contributed by atoms with Crippen LogP contribution in [0.2, 0.25) is 0 Å². The molecule has 4 heterocycles. The van der Waals surface area contributed by atoms with Gasteiger partial charge in [0, 0.05) is 21.7 Å². The van der Waals surface area contributed by atoms with E-state index in [0.717, 1.165) is 28.3 Å². The van der Waals surface area contributed by atoms with E-state index in [1.807, 2.05) is 17.5 Å². The van der Waals surface area contributed by atoms with Crippen LogP contribution in [0.4, 0.5) is 0 Å². The highest BCUT2D eigenvalue weighted by Crippen LogP contribution is 2.41. The van der Waals surface area contributed by atoms with Crippen molar-refractivity contribution in [2.45, 2.75) is 27.2 Å². The Morgan fingerprint density at radius 1 is 1.04 bits per heavy atom. The number of H-pyrrole nitrogens is 1. The van der Waals surface area contributed by atoms with Crippen molar-refractivity contribution in [2.75, 3.05) is 0 Å². The van der Waals surface area contributed by atoms with E-state index in [0.29, 0.717) is 0 Å². The summed E-state index contributed by atoms with van der Waals surface area (Å²) in [7, 11) is 0. The number of imidazole rings is 1. The molecule has 5 aromatic rings. The summed E-state index contributed by atoms with van der Waals surface area (Å²) in [6.07, 6.45) is 2.97. The van der Waals surface area contributed by atoms with Crippen LogP contribution in [0, 0.1) is 5.41 Å². The zero-order valence-corrected chi connectivity index (χ0v) is 16.6. The van der Waals surface area contributed by atoms with Crippen molar-refractivity contribution in [3.63, 3.8) is 0 Å². The van der Waals surface area contributed by atoms with Gasteiger partial charge < -0.3 is 4.98 Å². The molecule has 26 heavy (non-hydrogen) atoms. The molecule has 0 saturated heterocycles. The van der Waals surface area contributed by atoms with E-state index in [-0.39, 0.29) is 5.41 Å². The topological polar surface area (TPSA) is 41.6 Å². The fraction of sp³-hybridized carbons (Fsp3) is 0.238. The lowest BCUT2D eigenvalue weighted by molar-refractivity contribution is 0.413. The SMILES string of the molecule is CC(C)(C)Cc1cccc2c1sc1c(-c3nc4sccc4[nH]3)nccc12. The number of aromatic amines is 1. The molecule has 0 atom stereocenters. The smallest absolute Gasteiger partial charge is 0.159 e. The maximum absolute atomic E-state index is 4.75. The molecule has 5 heteroatoms. The largest absolute Gasteiger partial charge is 0.336 e. The van der Waals surface area contributed by atoms with Crippen molar-refractivity contribution in [2.24, 2.45) is 5.41 Å². The third-order valence-corrected chi connectivity index (χ3v) is 6.66. The van der Waals surface area contributed by atoms with E-state index < -0.39 is 0 Å². The Bertz CT molecular complexity index is 1220. The lowest BCUT2D eigenvalue weighted by atomic mass is 9.88. The van der Waals surface area contributed by atoms with Crippen molar-refractivity contribution >= 4 is 53.2 Å². The molecular formula is C21H19N3S2. The average Bonchev–Trinajstić information content (AvgIpc) is 3.25. The van der Waals surface area contributed by atoms with Gasteiger partial charge in [-0.25, -0.2) is 4.98 Å². The number of nitrogens with zero attached hydrogens (tertiary/aromatic N) is 2. The molecule has 130 valence electrons. The van der Waals surface area contributed by atoms with Gasteiger partial charge in [0.1, 0.15) is 10.5 Å². The third kappa shape index (κ3) is 2.54. The highest BCUT2D eigenvalue weighted by molar-refractivity contribution is 7.26. The van der Waals surface area contributed by atoms with Crippen LogP contribution in [0.25, 0.3) is 42.0 Å². The zero-order chi connectivity index (χ0) is 17.9. The lowest BCUT2D eigenvalue weighted by Gasteiger charge is -2.18. The Kier molecular flexibility index (Phi) is 3.46.